The predicted octanol–water partition coefficient (Wildman–Crippen LogP) is 2.72. The van der Waals surface area contributed by atoms with Crippen molar-refractivity contribution in [1.29, 1.82) is 0 Å². The first-order valence-corrected chi connectivity index (χ1v) is 8.89. The first-order valence-electron chi connectivity index (χ1n) is 7.41. The van der Waals surface area contributed by atoms with Gasteiger partial charge < -0.3 is 9.84 Å². The standard InChI is InChI=1S/C17H20N2O4S/c1-4-23-17-10-14(6-8-16(17)20)11-18-19-24(21,22)15-7-5-12(2)13(3)9-15/h5-11,19-20H,4H2,1-3H3/b18-11+. The van der Waals surface area contributed by atoms with E-state index in [0.29, 0.717) is 17.9 Å². The summed E-state index contributed by atoms with van der Waals surface area (Å²) in [5.41, 5.74) is 2.51. The Labute approximate surface area is 141 Å². The molecule has 0 saturated carbocycles. The van der Waals surface area contributed by atoms with Crippen molar-refractivity contribution in [2.75, 3.05) is 6.61 Å². The average molecular weight is 348 g/mol. The van der Waals surface area contributed by atoms with Crippen LogP contribution in [-0.2, 0) is 10.0 Å². The predicted molar refractivity (Wildman–Crippen MR) is 93.1 cm³/mol. The van der Waals surface area contributed by atoms with Gasteiger partial charge >= 0.3 is 0 Å². The molecule has 7 heteroatoms. The van der Waals surface area contributed by atoms with Gasteiger partial charge in [-0.1, -0.05) is 6.07 Å². The van der Waals surface area contributed by atoms with E-state index in [9.17, 15) is 13.5 Å². The van der Waals surface area contributed by atoms with Gasteiger partial charge in [-0.3, -0.25) is 0 Å². The summed E-state index contributed by atoms with van der Waals surface area (Å²) in [5.74, 6) is 0.336. The summed E-state index contributed by atoms with van der Waals surface area (Å²) in [6.07, 6.45) is 1.35. The second-order valence-corrected chi connectivity index (χ2v) is 6.92. The number of nitrogens with one attached hydrogen (secondary N) is 1. The molecule has 0 heterocycles. The molecule has 6 nitrogen and oxygen atoms in total. The number of nitrogens with zero attached hydrogens (tertiary/aromatic N) is 1. The van der Waals surface area contributed by atoms with Gasteiger partial charge in [-0.25, -0.2) is 4.83 Å². The van der Waals surface area contributed by atoms with Crippen LogP contribution in [0.15, 0.2) is 46.4 Å². The Hall–Kier alpha value is -2.54. The molecule has 0 bridgehead atoms. The van der Waals surface area contributed by atoms with Gasteiger partial charge in [-0.2, -0.15) is 13.5 Å². The van der Waals surface area contributed by atoms with Crippen LogP contribution in [0.4, 0.5) is 0 Å². The molecule has 0 saturated heterocycles. The highest BCUT2D eigenvalue weighted by molar-refractivity contribution is 7.89. The number of phenolic OH excluding ortho intramolecular Hbond substituents is 1. The Bertz CT molecular complexity index is 861. The van der Waals surface area contributed by atoms with Crippen LogP contribution in [-0.4, -0.2) is 26.3 Å². The molecule has 0 fully saturated rings. The van der Waals surface area contributed by atoms with Crippen LogP contribution in [0, 0.1) is 13.8 Å². The summed E-state index contributed by atoms with van der Waals surface area (Å²) in [4.78, 5) is 2.33. The molecule has 0 amide bonds. The first-order chi connectivity index (χ1) is 11.3. The number of sulfonamides is 1. The number of hydrazone groups is 1. The van der Waals surface area contributed by atoms with E-state index in [2.05, 4.69) is 9.93 Å². The van der Waals surface area contributed by atoms with Gasteiger partial charge in [0.2, 0.25) is 0 Å². The summed E-state index contributed by atoms with van der Waals surface area (Å²) in [7, 11) is -3.73. The number of hydrogen-bond acceptors (Lipinski definition) is 5. The van der Waals surface area contributed by atoms with Crippen LogP contribution in [0.2, 0.25) is 0 Å². The monoisotopic (exact) mass is 348 g/mol. The quantitative estimate of drug-likeness (QED) is 0.621. The molecule has 2 aromatic rings. The van der Waals surface area contributed by atoms with Gasteiger partial charge in [-0.15, -0.1) is 0 Å². The lowest BCUT2D eigenvalue weighted by atomic mass is 10.1. The average Bonchev–Trinajstić information content (AvgIpc) is 2.53. The minimum atomic E-state index is -3.73. The zero-order valence-corrected chi connectivity index (χ0v) is 14.6. The van der Waals surface area contributed by atoms with E-state index >= 15 is 0 Å². The zero-order chi connectivity index (χ0) is 17.7. The minimum Gasteiger partial charge on any atom is -0.504 e. The highest BCUT2D eigenvalue weighted by atomic mass is 32.2. The van der Waals surface area contributed by atoms with E-state index in [0.717, 1.165) is 11.1 Å². The van der Waals surface area contributed by atoms with E-state index in [1.807, 2.05) is 13.8 Å². The van der Waals surface area contributed by atoms with Gasteiger partial charge in [0.15, 0.2) is 11.5 Å². The van der Waals surface area contributed by atoms with Crippen molar-refractivity contribution in [3.8, 4) is 11.5 Å². The maximum Gasteiger partial charge on any atom is 0.276 e. The van der Waals surface area contributed by atoms with E-state index in [1.165, 1.54) is 18.3 Å². The van der Waals surface area contributed by atoms with Crippen molar-refractivity contribution in [3.63, 3.8) is 0 Å². The van der Waals surface area contributed by atoms with Gasteiger partial charge in [0.25, 0.3) is 10.0 Å². The fourth-order valence-electron chi connectivity index (χ4n) is 1.99. The van der Waals surface area contributed by atoms with E-state index in [4.69, 9.17) is 4.74 Å². The molecule has 128 valence electrons. The van der Waals surface area contributed by atoms with E-state index < -0.39 is 10.0 Å². The van der Waals surface area contributed by atoms with Crippen molar-refractivity contribution in [2.24, 2.45) is 5.10 Å². The lowest BCUT2D eigenvalue weighted by molar-refractivity contribution is 0.318. The Kier molecular flexibility index (Phi) is 5.46. The van der Waals surface area contributed by atoms with Crippen molar-refractivity contribution in [3.05, 3.63) is 53.1 Å². The van der Waals surface area contributed by atoms with Gasteiger partial charge in [0, 0.05) is 0 Å². The molecule has 2 N–H and O–H groups in total. The molecule has 0 aliphatic heterocycles. The number of aromatic hydroxyl groups is 1. The molecule has 0 atom stereocenters. The maximum atomic E-state index is 12.2. The number of phenols is 1. The Balaban J connectivity index is 2.15. The molecule has 0 radical (unpaired) electrons. The number of ether oxygens (including phenoxy) is 1. The van der Waals surface area contributed by atoms with Crippen molar-refractivity contribution < 1.29 is 18.3 Å². The topological polar surface area (TPSA) is 88.0 Å². The maximum absolute atomic E-state index is 12.2. The molecular formula is C17H20N2O4S. The molecule has 0 spiro atoms. The van der Waals surface area contributed by atoms with Crippen LogP contribution < -0.4 is 9.57 Å². The molecule has 0 aromatic heterocycles. The van der Waals surface area contributed by atoms with Crippen LogP contribution in [0.5, 0.6) is 11.5 Å². The molecule has 24 heavy (non-hydrogen) atoms. The third-order valence-electron chi connectivity index (χ3n) is 3.46. The molecule has 0 aliphatic carbocycles. The van der Waals surface area contributed by atoms with Crippen molar-refractivity contribution in [2.45, 2.75) is 25.7 Å². The summed E-state index contributed by atoms with van der Waals surface area (Å²) in [5, 5.41) is 13.4. The Morgan fingerprint density at radius 2 is 1.92 bits per heavy atom. The van der Waals surface area contributed by atoms with E-state index in [1.54, 1.807) is 31.2 Å². The smallest absolute Gasteiger partial charge is 0.276 e. The normalized spacial score (nSPS) is 11.6. The minimum absolute atomic E-state index is 0.0183. The summed E-state index contributed by atoms with van der Waals surface area (Å²) in [6, 6.07) is 9.53. The summed E-state index contributed by atoms with van der Waals surface area (Å²) >= 11 is 0. The highest BCUT2D eigenvalue weighted by Gasteiger charge is 2.13. The second kappa shape index (κ2) is 7.35. The fraction of sp³-hybridized carbons (Fsp3) is 0.235. The van der Waals surface area contributed by atoms with Crippen LogP contribution in [0.25, 0.3) is 0 Å². The molecular weight excluding hydrogens is 328 g/mol. The number of hydrogen-bond donors (Lipinski definition) is 2. The number of rotatable bonds is 6. The third-order valence-corrected chi connectivity index (χ3v) is 4.68. The summed E-state index contributed by atoms with van der Waals surface area (Å²) in [6.45, 7) is 5.98. The second-order valence-electron chi connectivity index (χ2n) is 5.26. The number of aryl methyl sites for hydroxylation is 2. The third kappa shape index (κ3) is 4.26. The zero-order valence-electron chi connectivity index (χ0n) is 13.8. The van der Waals surface area contributed by atoms with Gasteiger partial charge in [-0.05, 0) is 67.8 Å². The van der Waals surface area contributed by atoms with E-state index in [-0.39, 0.29) is 10.6 Å². The highest BCUT2D eigenvalue weighted by Crippen LogP contribution is 2.26. The van der Waals surface area contributed by atoms with Gasteiger partial charge in [0.1, 0.15) is 0 Å². The van der Waals surface area contributed by atoms with Crippen LogP contribution in [0.3, 0.4) is 0 Å². The Morgan fingerprint density at radius 3 is 2.58 bits per heavy atom. The number of benzene rings is 2. The van der Waals surface area contributed by atoms with Crippen molar-refractivity contribution in [1.82, 2.24) is 4.83 Å². The summed E-state index contributed by atoms with van der Waals surface area (Å²) < 4.78 is 29.7. The molecule has 2 aromatic carbocycles. The Morgan fingerprint density at radius 1 is 1.17 bits per heavy atom. The largest absolute Gasteiger partial charge is 0.504 e. The van der Waals surface area contributed by atoms with Crippen LogP contribution >= 0.6 is 0 Å². The van der Waals surface area contributed by atoms with Crippen molar-refractivity contribution >= 4 is 16.2 Å². The molecule has 0 aliphatic rings. The lowest BCUT2D eigenvalue weighted by Gasteiger charge is -2.07. The molecule has 2 rings (SSSR count). The fourth-order valence-corrected chi connectivity index (χ4v) is 2.86. The molecule has 0 unspecified atom stereocenters. The van der Waals surface area contributed by atoms with Gasteiger partial charge in [0.05, 0.1) is 17.7 Å². The lowest BCUT2D eigenvalue weighted by Crippen LogP contribution is -2.18. The van der Waals surface area contributed by atoms with Crippen LogP contribution in [0.1, 0.15) is 23.6 Å². The SMILES string of the molecule is CCOc1cc(/C=N/NS(=O)(=O)c2ccc(C)c(C)c2)ccc1O. The first kappa shape index (κ1) is 17.8.